The zero-order valence-corrected chi connectivity index (χ0v) is 4.24. The van der Waals surface area contributed by atoms with Gasteiger partial charge in [0.05, 0.1) is 0 Å². The summed E-state index contributed by atoms with van der Waals surface area (Å²) in [5.74, 6) is -1.80. The van der Waals surface area contributed by atoms with Crippen molar-refractivity contribution < 1.29 is 10.2 Å². The van der Waals surface area contributed by atoms with E-state index in [9.17, 15) is 0 Å². The number of aromatic hydroxyl groups is 2. The Kier molecular flexibility index (Phi) is 1.07. The molecule has 0 fully saturated rings. The molecule has 0 aliphatic heterocycles. The minimum atomic E-state index is -0.671. The minimum Gasteiger partial charge on any atom is -0.500 e. The van der Waals surface area contributed by atoms with Crippen LogP contribution >= 0.6 is 0 Å². The van der Waals surface area contributed by atoms with E-state index in [1.807, 2.05) is 0 Å². The van der Waals surface area contributed by atoms with Crippen LogP contribution in [0.4, 0.5) is 5.82 Å². The second kappa shape index (κ2) is 1.73. The summed E-state index contributed by atoms with van der Waals surface area (Å²) in [6.07, 6.45) is 0. The molecule has 0 saturated carbocycles. The normalized spacial score (nSPS) is 9.33. The van der Waals surface area contributed by atoms with Crippen LogP contribution in [0.5, 0.6) is 11.6 Å². The highest BCUT2D eigenvalue weighted by Crippen LogP contribution is 2.24. The minimum absolute atomic E-state index is 0.484. The molecule has 0 spiro atoms. The van der Waals surface area contributed by atoms with E-state index in [2.05, 4.69) is 15.4 Å². The van der Waals surface area contributed by atoms with Crippen LogP contribution in [0.15, 0.2) is 0 Å². The molecule has 0 bridgehead atoms. The zero-order valence-electron chi connectivity index (χ0n) is 4.24. The molecule has 9 heavy (non-hydrogen) atoms. The maximum Gasteiger partial charge on any atom is 0.279 e. The summed E-state index contributed by atoms with van der Waals surface area (Å²) in [6, 6.07) is 0. The molecule has 6 nitrogen and oxygen atoms in total. The molecule has 0 aromatic carbocycles. The van der Waals surface area contributed by atoms with E-state index >= 15 is 0 Å². The first-order valence-electron chi connectivity index (χ1n) is 2.04. The molecule has 1 heterocycles. The van der Waals surface area contributed by atoms with E-state index in [-0.39, 0.29) is 0 Å². The van der Waals surface area contributed by atoms with Crippen molar-refractivity contribution in [3.8, 4) is 11.6 Å². The third kappa shape index (κ3) is 0.809. The van der Waals surface area contributed by atoms with Crippen molar-refractivity contribution >= 4 is 5.82 Å². The molecule has 0 atom stereocenters. The number of aromatic nitrogens is 3. The molecule has 3 N–H and O–H groups in total. The van der Waals surface area contributed by atoms with Crippen molar-refractivity contribution in [1.82, 2.24) is 21.1 Å². The van der Waals surface area contributed by atoms with Gasteiger partial charge in [0.2, 0.25) is 11.6 Å². The first kappa shape index (κ1) is 5.54. The Morgan fingerprint density at radius 2 is 1.89 bits per heavy atom. The number of hydrogen-bond donors (Lipinski definition) is 2. The number of nitrogens with one attached hydrogen (secondary N) is 1. The average molecular weight is 127 g/mol. The van der Waals surface area contributed by atoms with Crippen LogP contribution in [0.25, 0.3) is 0 Å². The summed E-state index contributed by atoms with van der Waals surface area (Å²) in [4.78, 5) is 0. The van der Waals surface area contributed by atoms with E-state index in [4.69, 9.17) is 15.9 Å². The SMILES string of the molecule is [NH]c1nnnc(O)c1O. The lowest BCUT2D eigenvalue weighted by Gasteiger charge is -1.92. The number of nitrogens with zero attached hydrogens (tertiary/aromatic N) is 3. The molecule has 0 aliphatic rings. The van der Waals surface area contributed by atoms with Gasteiger partial charge in [0.1, 0.15) is 0 Å². The van der Waals surface area contributed by atoms with Crippen LogP contribution in [0.1, 0.15) is 0 Å². The van der Waals surface area contributed by atoms with Crippen molar-refractivity contribution in [2.75, 3.05) is 0 Å². The Hall–Kier alpha value is -1.59. The molecule has 1 radical (unpaired) electrons. The van der Waals surface area contributed by atoms with Crippen LogP contribution in [-0.2, 0) is 0 Å². The second-order valence-corrected chi connectivity index (χ2v) is 1.31. The van der Waals surface area contributed by atoms with Crippen LogP contribution in [0, 0.1) is 0 Å². The quantitative estimate of drug-likeness (QED) is 0.474. The predicted octanol–water partition coefficient (Wildman–Crippen LogP) is -0.803. The van der Waals surface area contributed by atoms with Crippen molar-refractivity contribution in [2.45, 2.75) is 0 Å². The van der Waals surface area contributed by atoms with Crippen molar-refractivity contribution in [2.24, 2.45) is 0 Å². The topological polar surface area (TPSA) is 103 Å². The van der Waals surface area contributed by atoms with Crippen LogP contribution in [0.3, 0.4) is 0 Å². The van der Waals surface area contributed by atoms with Gasteiger partial charge in [-0.25, -0.2) is 0 Å². The highest BCUT2D eigenvalue weighted by atomic mass is 16.3. The fourth-order valence-corrected chi connectivity index (χ4v) is 0.310. The number of rotatable bonds is 0. The van der Waals surface area contributed by atoms with Crippen LogP contribution in [0.2, 0.25) is 0 Å². The van der Waals surface area contributed by atoms with Crippen molar-refractivity contribution in [3.05, 3.63) is 0 Å². The van der Waals surface area contributed by atoms with Gasteiger partial charge in [-0.15, -0.1) is 5.10 Å². The molecule has 1 rings (SSSR count). The Morgan fingerprint density at radius 1 is 1.22 bits per heavy atom. The Balaban J connectivity index is 3.25. The van der Waals surface area contributed by atoms with E-state index in [1.54, 1.807) is 0 Å². The lowest BCUT2D eigenvalue weighted by atomic mass is 10.5. The van der Waals surface area contributed by atoms with E-state index < -0.39 is 17.4 Å². The zero-order chi connectivity index (χ0) is 6.85. The molecule has 1 aromatic heterocycles. The van der Waals surface area contributed by atoms with Gasteiger partial charge < -0.3 is 10.2 Å². The molecule has 0 unspecified atom stereocenters. The van der Waals surface area contributed by atoms with Crippen molar-refractivity contribution in [1.29, 1.82) is 0 Å². The summed E-state index contributed by atoms with van der Waals surface area (Å²) in [6.45, 7) is 0. The van der Waals surface area contributed by atoms with Gasteiger partial charge in [-0.3, -0.25) is 5.73 Å². The van der Waals surface area contributed by atoms with Crippen LogP contribution in [-0.4, -0.2) is 25.6 Å². The van der Waals surface area contributed by atoms with Gasteiger partial charge in [0.15, 0.2) is 0 Å². The van der Waals surface area contributed by atoms with Gasteiger partial charge in [-0.05, 0) is 5.21 Å². The van der Waals surface area contributed by atoms with Crippen molar-refractivity contribution in [3.63, 3.8) is 0 Å². The molecule has 6 heteroatoms. The molecule has 1 aromatic rings. The Labute approximate surface area is 50.0 Å². The fourth-order valence-electron chi connectivity index (χ4n) is 0.310. The van der Waals surface area contributed by atoms with E-state index in [1.165, 1.54) is 0 Å². The first-order chi connectivity index (χ1) is 4.22. The Bertz CT molecular complexity index is 205. The van der Waals surface area contributed by atoms with Gasteiger partial charge >= 0.3 is 0 Å². The van der Waals surface area contributed by atoms with Gasteiger partial charge in [-0.2, -0.15) is 0 Å². The first-order valence-corrected chi connectivity index (χ1v) is 2.04. The molecule has 0 amide bonds. The summed E-state index contributed by atoms with van der Waals surface area (Å²) >= 11 is 0. The monoisotopic (exact) mass is 127 g/mol. The predicted molar refractivity (Wildman–Crippen MR) is 25.9 cm³/mol. The van der Waals surface area contributed by atoms with E-state index in [0.29, 0.717) is 0 Å². The summed E-state index contributed by atoms with van der Waals surface area (Å²) < 4.78 is 0. The largest absolute Gasteiger partial charge is 0.500 e. The average Bonchev–Trinajstić information content (AvgIpc) is 1.83. The highest BCUT2D eigenvalue weighted by molar-refractivity contribution is 5.45. The second-order valence-electron chi connectivity index (χ2n) is 1.31. The number of hydrogen-bond acceptors (Lipinski definition) is 5. The Morgan fingerprint density at radius 3 is 2.33 bits per heavy atom. The fraction of sp³-hybridized carbons (Fsp3) is 0. The maximum absolute atomic E-state index is 8.60. The van der Waals surface area contributed by atoms with E-state index in [0.717, 1.165) is 0 Å². The van der Waals surface area contributed by atoms with Gasteiger partial charge in [-0.1, -0.05) is 5.10 Å². The summed E-state index contributed by atoms with van der Waals surface area (Å²) in [7, 11) is 0. The molecular weight excluding hydrogens is 124 g/mol. The molecular formula is C3H3N4O2. The van der Waals surface area contributed by atoms with Gasteiger partial charge in [0.25, 0.3) is 5.88 Å². The van der Waals surface area contributed by atoms with Gasteiger partial charge in [0, 0.05) is 0 Å². The lowest BCUT2D eigenvalue weighted by molar-refractivity contribution is 0.377. The third-order valence-corrected chi connectivity index (χ3v) is 0.720. The standard InChI is InChI=1S/C3H3N4O2/c4-2-1(8)3(9)6-7-5-2/h4H,(H,7,8)(H,5,6,9). The molecule has 0 saturated heterocycles. The third-order valence-electron chi connectivity index (χ3n) is 0.720. The molecule has 0 aliphatic carbocycles. The lowest BCUT2D eigenvalue weighted by Crippen LogP contribution is -1.88. The summed E-state index contributed by atoms with van der Waals surface area (Å²) in [5.41, 5.74) is 6.74. The molecule has 47 valence electrons. The van der Waals surface area contributed by atoms with Crippen LogP contribution < -0.4 is 5.73 Å². The smallest absolute Gasteiger partial charge is 0.279 e. The summed E-state index contributed by atoms with van der Waals surface area (Å²) in [5, 5.41) is 26.1. The maximum atomic E-state index is 8.60. The highest BCUT2D eigenvalue weighted by Gasteiger charge is 2.05.